The Kier molecular flexibility index (Phi) is 5.32. The number of halogens is 2. The van der Waals surface area contributed by atoms with E-state index in [1.54, 1.807) is 17.4 Å². The van der Waals surface area contributed by atoms with E-state index in [1.165, 1.54) is 11.6 Å². The average Bonchev–Trinajstić information content (AvgIpc) is 2.77. The molecule has 0 saturated carbocycles. The van der Waals surface area contributed by atoms with E-state index < -0.39 is 0 Å². The fourth-order valence-electron chi connectivity index (χ4n) is 2.45. The van der Waals surface area contributed by atoms with Crippen LogP contribution in [0.5, 0.6) is 0 Å². The van der Waals surface area contributed by atoms with Crippen molar-refractivity contribution >= 4 is 27.3 Å². The van der Waals surface area contributed by atoms with Crippen molar-refractivity contribution in [3.63, 3.8) is 0 Å². The number of hydrogen-bond donors (Lipinski definition) is 1. The van der Waals surface area contributed by atoms with Crippen molar-refractivity contribution < 1.29 is 4.39 Å². The molecular formula is C15H18BrFN2S. The predicted octanol–water partition coefficient (Wildman–Crippen LogP) is 4.17. The molecule has 2 aromatic rings. The Labute approximate surface area is 131 Å². The summed E-state index contributed by atoms with van der Waals surface area (Å²) >= 11 is 5.11. The van der Waals surface area contributed by atoms with E-state index in [0.717, 1.165) is 10.3 Å². The zero-order chi connectivity index (χ0) is 14.7. The summed E-state index contributed by atoms with van der Waals surface area (Å²) in [7, 11) is 1.98. The molecule has 5 heteroatoms. The Morgan fingerprint density at radius 1 is 1.40 bits per heavy atom. The summed E-state index contributed by atoms with van der Waals surface area (Å²) in [6.45, 7) is 2.65. The molecule has 1 aromatic carbocycles. The van der Waals surface area contributed by atoms with Gasteiger partial charge in [0.25, 0.3) is 0 Å². The van der Waals surface area contributed by atoms with Gasteiger partial charge in [0.15, 0.2) is 0 Å². The zero-order valence-electron chi connectivity index (χ0n) is 11.5. The van der Waals surface area contributed by atoms with Gasteiger partial charge in [0.05, 0.1) is 9.83 Å². The second-order valence-corrected chi connectivity index (χ2v) is 7.29. The third-order valence-corrected chi connectivity index (χ3v) is 4.80. The fraction of sp³-hybridized carbons (Fsp3) is 0.333. The average molecular weight is 357 g/mol. The van der Waals surface area contributed by atoms with Crippen molar-refractivity contribution in [3.8, 4) is 0 Å². The lowest BCUT2D eigenvalue weighted by Crippen LogP contribution is -2.37. The summed E-state index contributed by atoms with van der Waals surface area (Å²) in [6, 6.07) is 8.63. The smallest absolute Gasteiger partial charge is 0.128 e. The Morgan fingerprint density at radius 3 is 2.65 bits per heavy atom. The highest BCUT2D eigenvalue weighted by Gasteiger charge is 2.24. The van der Waals surface area contributed by atoms with Gasteiger partial charge in [-0.05, 0) is 53.0 Å². The molecule has 0 aliphatic carbocycles. The summed E-state index contributed by atoms with van der Waals surface area (Å²) in [6.07, 6.45) is 0. The largest absolute Gasteiger partial charge is 0.326 e. The van der Waals surface area contributed by atoms with Crippen LogP contribution in [0, 0.1) is 5.82 Å². The molecule has 0 radical (unpaired) electrons. The molecule has 2 rings (SSSR count). The van der Waals surface area contributed by atoms with Gasteiger partial charge in [0.2, 0.25) is 0 Å². The van der Waals surface area contributed by atoms with Crippen LogP contribution in [-0.2, 0) is 6.54 Å². The lowest BCUT2D eigenvalue weighted by Gasteiger charge is -2.31. The third kappa shape index (κ3) is 3.67. The van der Waals surface area contributed by atoms with E-state index in [9.17, 15) is 4.39 Å². The van der Waals surface area contributed by atoms with Crippen molar-refractivity contribution in [3.05, 3.63) is 56.4 Å². The van der Waals surface area contributed by atoms with Gasteiger partial charge in [-0.25, -0.2) is 4.39 Å². The maximum absolute atomic E-state index is 14.0. The van der Waals surface area contributed by atoms with E-state index >= 15 is 0 Å². The molecule has 0 bridgehead atoms. The summed E-state index contributed by atoms with van der Waals surface area (Å²) in [5, 5.41) is 2.10. The van der Waals surface area contributed by atoms with Gasteiger partial charge in [-0.1, -0.05) is 18.2 Å². The molecule has 0 fully saturated rings. The van der Waals surface area contributed by atoms with Crippen LogP contribution in [-0.4, -0.2) is 18.0 Å². The number of nitrogens with zero attached hydrogens (tertiary/aromatic N) is 1. The normalized spacial score (nSPS) is 14.5. The first kappa shape index (κ1) is 15.6. The Morgan fingerprint density at radius 2 is 2.10 bits per heavy atom. The van der Waals surface area contributed by atoms with Crippen LogP contribution in [0.1, 0.15) is 24.1 Å². The van der Waals surface area contributed by atoms with Gasteiger partial charge in [-0.2, -0.15) is 0 Å². The van der Waals surface area contributed by atoms with Gasteiger partial charge in [-0.3, -0.25) is 4.90 Å². The molecule has 1 heterocycles. The van der Waals surface area contributed by atoms with Crippen molar-refractivity contribution in [1.82, 2.24) is 4.90 Å². The van der Waals surface area contributed by atoms with Crippen molar-refractivity contribution in [2.75, 3.05) is 7.05 Å². The summed E-state index contributed by atoms with van der Waals surface area (Å²) < 4.78 is 15.1. The number of rotatable bonds is 5. The minimum Gasteiger partial charge on any atom is -0.326 e. The lowest BCUT2D eigenvalue weighted by atomic mass is 9.98. The van der Waals surface area contributed by atoms with E-state index in [1.807, 2.05) is 26.1 Å². The first-order valence-electron chi connectivity index (χ1n) is 6.42. The zero-order valence-corrected chi connectivity index (χ0v) is 13.9. The minimum absolute atomic E-state index is 0.144. The van der Waals surface area contributed by atoms with Gasteiger partial charge in [0, 0.05) is 18.2 Å². The Bertz CT molecular complexity index is 571. The standard InChI is InChI=1S/C15H18BrFN2S/c1-10(18)15(12-5-3-4-6-13(12)17)19(2)8-11-7-14(16)20-9-11/h3-7,9-10,15H,8,18H2,1-2H3. The number of nitrogens with two attached hydrogens (primary N) is 1. The molecule has 0 aliphatic rings. The predicted molar refractivity (Wildman–Crippen MR) is 86.3 cm³/mol. The Hall–Kier alpha value is -0.750. The van der Waals surface area contributed by atoms with E-state index in [0.29, 0.717) is 5.56 Å². The molecule has 2 atom stereocenters. The molecule has 0 aliphatic heterocycles. The molecule has 108 valence electrons. The lowest BCUT2D eigenvalue weighted by molar-refractivity contribution is 0.206. The van der Waals surface area contributed by atoms with Gasteiger partial charge in [0.1, 0.15) is 5.82 Å². The second-order valence-electron chi connectivity index (χ2n) is 5.00. The van der Waals surface area contributed by atoms with Gasteiger partial charge >= 0.3 is 0 Å². The van der Waals surface area contributed by atoms with Crippen LogP contribution in [0.15, 0.2) is 39.5 Å². The fourth-order valence-corrected chi connectivity index (χ4v) is 3.65. The number of likely N-dealkylation sites (N-methyl/N-ethyl adjacent to an activating group) is 1. The van der Waals surface area contributed by atoms with Crippen molar-refractivity contribution in [2.45, 2.75) is 25.6 Å². The molecule has 0 spiro atoms. The van der Waals surface area contributed by atoms with Crippen LogP contribution >= 0.6 is 27.3 Å². The summed E-state index contributed by atoms with van der Waals surface area (Å²) in [4.78, 5) is 2.09. The molecule has 2 unspecified atom stereocenters. The minimum atomic E-state index is -0.201. The number of thiophene rings is 1. The Balaban J connectivity index is 2.22. The summed E-state index contributed by atoms with van der Waals surface area (Å²) in [5.74, 6) is -0.201. The maximum Gasteiger partial charge on any atom is 0.128 e. The highest BCUT2D eigenvalue weighted by atomic mass is 79.9. The SMILES string of the molecule is CC(N)C(c1ccccc1F)N(C)Cc1csc(Br)c1. The molecule has 0 amide bonds. The quantitative estimate of drug-likeness (QED) is 0.870. The monoisotopic (exact) mass is 356 g/mol. The first-order chi connectivity index (χ1) is 9.49. The van der Waals surface area contributed by atoms with E-state index in [4.69, 9.17) is 5.73 Å². The molecule has 20 heavy (non-hydrogen) atoms. The van der Waals surface area contributed by atoms with Crippen LogP contribution in [0.25, 0.3) is 0 Å². The van der Waals surface area contributed by atoms with Gasteiger partial charge in [-0.15, -0.1) is 11.3 Å². The third-order valence-electron chi connectivity index (χ3n) is 3.25. The van der Waals surface area contributed by atoms with Crippen molar-refractivity contribution in [1.29, 1.82) is 0 Å². The van der Waals surface area contributed by atoms with Crippen LogP contribution in [0.4, 0.5) is 4.39 Å². The highest BCUT2D eigenvalue weighted by molar-refractivity contribution is 9.11. The van der Waals surface area contributed by atoms with E-state index in [-0.39, 0.29) is 17.9 Å². The second kappa shape index (κ2) is 6.80. The van der Waals surface area contributed by atoms with E-state index in [2.05, 4.69) is 32.3 Å². The van der Waals surface area contributed by atoms with Crippen LogP contribution in [0.2, 0.25) is 0 Å². The number of hydrogen-bond acceptors (Lipinski definition) is 3. The van der Waals surface area contributed by atoms with Gasteiger partial charge < -0.3 is 5.73 Å². The number of benzene rings is 1. The molecule has 2 N–H and O–H groups in total. The summed E-state index contributed by atoms with van der Waals surface area (Å²) in [5.41, 5.74) is 7.93. The molecule has 0 saturated heterocycles. The highest BCUT2D eigenvalue weighted by Crippen LogP contribution is 2.28. The maximum atomic E-state index is 14.0. The van der Waals surface area contributed by atoms with Crippen LogP contribution < -0.4 is 5.73 Å². The van der Waals surface area contributed by atoms with Crippen LogP contribution in [0.3, 0.4) is 0 Å². The van der Waals surface area contributed by atoms with Crippen molar-refractivity contribution in [2.24, 2.45) is 5.73 Å². The first-order valence-corrected chi connectivity index (χ1v) is 8.09. The molecule has 2 nitrogen and oxygen atoms in total. The molecule has 1 aromatic heterocycles. The topological polar surface area (TPSA) is 29.3 Å². The molecular weight excluding hydrogens is 339 g/mol.